The first-order chi connectivity index (χ1) is 9.75. The summed E-state index contributed by atoms with van der Waals surface area (Å²) in [4.78, 5) is 0. The van der Waals surface area contributed by atoms with Gasteiger partial charge in [-0.25, -0.2) is 0 Å². The van der Waals surface area contributed by atoms with Crippen LogP contribution in [0.3, 0.4) is 0 Å². The molecule has 2 aromatic carbocycles. The number of hydrogen-bond donors (Lipinski definition) is 2. The Morgan fingerprint density at radius 2 is 1.65 bits per heavy atom. The van der Waals surface area contributed by atoms with Gasteiger partial charge in [0, 0.05) is 22.9 Å². The van der Waals surface area contributed by atoms with Crippen molar-refractivity contribution >= 4 is 28.2 Å². The number of rotatable bonds is 3. The molecule has 5 heteroatoms. The number of aromatic hydroxyl groups is 1. The Labute approximate surface area is 121 Å². The van der Waals surface area contributed by atoms with E-state index in [-0.39, 0.29) is 5.75 Å². The number of benzene rings is 2. The quantitative estimate of drug-likeness (QED) is 0.772. The van der Waals surface area contributed by atoms with Crippen molar-refractivity contribution in [2.75, 3.05) is 5.32 Å². The molecule has 0 radical (unpaired) electrons. The van der Waals surface area contributed by atoms with Gasteiger partial charge in [-0.15, -0.1) is 10.2 Å². The average Bonchev–Trinajstić information content (AvgIpc) is 2.48. The molecule has 2 N–H and O–H groups in total. The lowest BCUT2D eigenvalue weighted by molar-refractivity contribution is 0.469. The fourth-order valence-corrected chi connectivity index (χ4v) is 2.24. The van der Waals surface area contributed by atoms with Gasteiger partial charge in [-0.1, -0.05) is 54.1 Å². The Kier molecular flexibility index (Phi) is 3.39. The third-order valence-electron chi connectivity index (χ3n) is 3.08. The van der Waals surface area contributed by atoms with Crippen LogP contribution in [0, 0.1) is 0 Å². The van der Waals surface area contributed by atoms with Crippen LogP contribution in [0.4, 0.5) is 5.82 Å². The van der Waals surface area contributed by atoms with Crippen molar-refractivity contribution in [3.05, 3.63) is 59.2 Å². The van der Waals surface area contributed by atoms with Crippen LogP contribution in [0.1, 0.15) is 5.56 Å². The van der Waals surface area contributed by atoms with Crippen molar-refractivity contribution < 1.29 is 5.11 Å². The number of phenols is 1. The van der Waals surface area contributed by atoms with Gasteiger partial charge in [0.2, 0.25) is 0 Å². The zero-order valence-electron chi connectivity index (χ0n) is 10.5. The van der Waals surface area contributed by atoms with Crippen molar-refractivity contribution in [1.82, 2.24) is 10.2 Å². The Balaban J connectivity index is 1.92. The number of halogens is 1. The molecule has 1 heterocycles. The van der Waals surface area contributed by atoms with E-state index in [4.69, 9.17) is 11.6 Å². The van der Waals surface area contributed by atoms with E-state index in [1.165, 1.54) is 0 Å². The highest BCUT2D eigenvalue weighted by atomic mass is 35.5. The van der Waals surface area contributed by atoms with Crippen molar-refractivity contribution in [1.29, 1.82) is 0 Å². The van der Waals surface area contributed by atoms with Gasteiger partial charge in [0.15, 0.2) is 11.0 Å². The van der Waals surface area contributed by atoms with E-state index >= 15 is 0 Å². The number of aromatic nitrogens is 2. The predicted octanol–water partition coefficient (Wildman–Crippen LogP) is 3.60. The van der Waals surface area contributed by atoms with Gasteiger partial charge in [-0.2, -0.15) is 0 Å². The summed E-state index contributed by atoms with van der Waals surface area (Å²) in [6.07, 6.45) is 0. The molecule has 4 nitrogen and oxygen atoms in total. The van der Waals surface area contributed by atoms with Crippen molar-refractivity contribution in [3.8, 4) is 5.75 Å². The first-order valence-electron chi connectivity index (χ1n) is 6.17. The minimum Gasteiger partial charge on any atom is -0.508 e. The minimum absolute atomic E-state index is 0.256. The number of anilines is 1. The maximum Gasteiger partial charge on any atom is 0.159 e. The molecular formula is C15H12ClN3O. The molecule has 0 spiro atoms. The van der Waals surface area contributed by atoms with Crippen LogP contribution in [-0.4, -0.2) is 15.3 Å². The van der Waals surface area contributed by atoms with E-state index in [9.17, 15) is 5.11 Å². The molecule has 0 amide bonds. The Hall–Kier alpha value is -2.33. The number of nitrogens with one attached hydrogen (secondary N) is 1. The number of para-hydroxylation sites is 1. The second-order valence-electron chi connectivity index (χ2n) is 4.37. The Bertz CT molecular complexity index is 761. The maximum absolute atomic E-state index is 9.75. The van der Waals surface area contributed by atoms with E-state index in [0.717, 1.165) is 16.3 Å². The molecule has 3 rings (SSSR count). The van der Waals surface area contributed by atoms with Gasteiger partial charge < -0.3 is 10.4 Å². The molecule has 20 heavy (non-hydrogen) atoms. The lowest BCUT2D eigenvalue weighted by atomic mass is 10.1. The van der Waals surface area contributed by atoms with Gasteiger partial charge in [-0.3, -0.25) is 0 Å². The van der Waals surface area contributed by atoms with Crippen molar-refractivity contribution in [2.24, 2.45) is 0 Å². The van der Waals surface area contributed by atoms with Crippen LogP contribution >= 0.6 is 11.6 Å². The average molecular weight is 286 g/mol. The molecule has 1 aromatic heterocycles. The van der Waals surface area contributed by atoms with E-state index in [0.29, 0.717) is 17.5 Å². The van der Waals surface area contributed by atoms with Crippen LogP contribution in [-0.2, 0) is 6.54 Å². The van der Waals surface area contributed by atoms with E-state index in [1.807, 2.05) is 36.4 Å². The summed E-state index contributed by atoms with van der Waals surface area (Å²) in [6, 6.07) is 14.8. The zero-order valence-corrected chi connectivity index (χ0v) is 11.3. The second-order valence-corrected chi connectivity index (χ2v) is 4.73. The molecule has 3 aromatic rings. The van der Waals surface area contributed by atoms with Gasteiger partial charge >= 0.3 is 0 Å². The molecule has 0 aliphatic rings. The second kappa shape index (κ2) is 5.35. The SMILES string of the molecule is Oc1ccccc1CNc1nnc(Cl)c2ccccc12. The van der Waals surface area contributed by atoms with Crippen LogP contribution < -0.4 is 5.32 Å². The Morgan fingerprint density at radius 1 is 0.950 bits per heavy atom. The summed E-state index contributed by atoms with van der Waals surface area (Å²) in [5, 5.41) is 23.1. The van der Waals surface area contributed by atoms with Crippen LogP contribution in [0.25, 0.3) is 10.8 Å². The first kappa shape index (κ1) is 12.7. The summed E-state index contributed by atoms with van der Waals surface area (Å²) in [5.74, 6) is 0.902. The molecule has 0 saturated heterocycles. The van der Waals surface area contributed by atoms with Gasteiger partial charge in [0.05, 0.1) is 0 Å². The summed E-state index contributed by atoms with van der Waals surface area (Å²) in [7, 11) is 0. The smallest absolute Gasteiger partial charge is 0.159 e. The highest BCUT2D eigenvalue weighted by Gasteiger charge is 2.07. The van der Waals surface area contributed by atoms with E-state index in [1.54, 1.807) is 12.1 Å². The highest BCUT2D eigenvalue weighted by Crippen LogP contribution is 2.26. The zero-order chi connectivity index (χ0) is 13.9. The normalized spacial score (nSPS) is 10.7. The van der Waals surface area contributed by atoms with Crippen molar-refractivity contribution in [3.63, 3.8) is 0 Å². The molecule has 0 aliphatic carbocycles. The lowest BCUT2D eigenvalue weighted by Crippen LogP contribution is -2.03. The largest absolute Gasteiger partial charge is 0.508 e. The topological polar surface area (TPSA) is 58.0 Å². The number of fused-ring (bicyclic) bond motifs is 1. The highest BCUT2D eigenvalue weighted by molar-refractivity contribution is 6.34. The molecule has 0 aliphatic heterocycles. The van der Waals surface area contributed by atoms with Gasteiger partial charge in [0.25, 0.3) is 0 Å². The maximum atomic E-state index is 9.75. The predicted molar refractivity (Wildman–Crippen MR) is 80.0 cm³/mol. The summed E-state index contributed by atoms with van der Waals surface area (Å²) >= 11 is 6.03. The molecular weight excluding hydrogens is 274 g/mol. The molecule has 0 saturated carbocycles. The van der Waals surface area contributed by atoms with Crippen LogP contribution in [0.15, 0.2) is 48.5 Å². The van der Waals surface area contributed by atoms with E-state index in [2.05, 4.69) is 15.5 Å². The van der Waals surface area contributed by atoms with Gasteiger partial charge in [-0.05, 0) is 6.07 Å². The third kappa shape index (κ3) is 2.38. The molecule has 0 bridgehead atoms. The van der Waals surface area contributed by atoms with Gasteiger partial charge in [0.1, 0.15) is 5.75 Å². The standard InChI is InChI=1S/C15H12ClN3O/c16-14-11-6-2-3-7-12(11)15(19-18-14)17-9-10-5-1-4-8-13(10)20/h1-8,20H,9H2,(H,17,19). The number of phenolic OH excluding ortho intramolecular Hbond substituents is 1. The summed E-state index contributed by atoms with van der Waals surface area (Å²) < 4.78 is 0. The molecule has 0 unspecified atom stereocenters. The van der Waals surface area contributed by atoms with E-state index < -0.39 is 0 Å². The fraction of sp³-hybridized carbons (Fsp3) is 0.0667. The molecule has 100 valence electrons. The summed E-state index contributed by atoms with van der Waals surface area (Å²) in [6.45, 7) is 0.465. The first-order valence-corrected chi connectivity index (χ1v) is 6.55. The number of hydrogen-bond acceptors (Lipinski definition) is 4. The minimum atomic E-state index is 0.256. The summed E-state index contributed by atoms with van der Waals surface area (Å²) in [5.41, 5.74) is 0.799. The fourth-order valence-electron chi connectivity index (χ4n) is 2.04. The Morgan fingerprint density at radius 3 is 2.45 bits per heavy atom. The molecule has 0 atom stereocenters. The van der Waals surface area contributed by atoms with Crippen LogP contribution in [0.5, 0.6) is 5.75 Å². The third-order valence-corrected chi connectivity index (χ3v) is 3.36. The number of nitrogens with zero attached hydrogens (tertiary/aromatic N) is 2. The lowest BCUT2D eigenvalue weighted by Gasteiger charge is -2.09. The molecule has 0 fully saturated rings. The van der Waals surface area contributed by atoms with Crippen LogP contribution in [0.2, 0.25) is 5.15 Å². The monoisotopic (exact) mass is 285 g/mol. The van der Waals surface area contributed by atoms with Crippen molar-refractivity contribution in [2.45, 2.75) is 6.54 Å².